The summed E-state index contributed by atoms with van der Waals surface area (Å²) < 4.78 is 5.45. The molecule has 1 amide bonds. The van der Waals surface area contributed by atoms with Gasteiger partial charge in [0.05, 0.1) is 17.2 Å². The third-order valence-corrected chi connectivity index (χ3v) is 3.47. The molecule has 0 saturated carbocycles. The van der Waals surface area contributed by atoms with Crippen LogP contribution in [0.2, 0.25) is 0 Å². The number of fused-ring (bicyclic) bond motifs is 2. The highest BCUT2D eigenvalue weighted by molar-refractivity contribution is 6.19. The summed E-state index contributed by atoms with van der Waals surface area (Å²) in [6.07, 6.45) is 7.58. The van der Waals surface area contributed by atoms with E-state index in [4.69, 9.17) is 4.74 Å². The lowest BCUT2D eigenvalue weighted by Crippen LogP contribution is -2.17. The number of aromatic nitrogens is 3. The summed E-state index contributed by atoms with van der Waals surface area (Å²) in [6.45, 7) is -0.154. The Bertz CT molecular complexity index is 1180. The first-order chi connectivity index (χ1) is 12.3. The Hall–Kier alpha value is -3.68. The number of ether oxygens (including phenoxy) is 1. The van der Waals surface area contributed by atoms with Gasteiger partial charge in [0.25, 0.3) is 5.91 Å². The summed E-state index contributed by atoms with van der Waals surface area (Å²) in [5, 5.41) is 1.52. The van der Waals surface area contributed by atoms with Gasteiger partial charge in [0.15, 0.2) is 12.1 Å². The van der Waals surface area contributed by atoms with E-state index in [2.05, 4.69) is 29.9 Å². The molecule has 3 aliphatic rings. The van der Waals surface area contributed by atoms with Crippen LogP contribution in [0.25, 0.3) is 6.20 Å². The largest absolute Gasteiger partial charge is 0.484 e. The molecule has 0 unspecified atom stereocenters. The van der Waals surface area contributed by atoms with E-state index in [9.17, 15) is 4.79 Å². The Morgan fingerprint density at radius 3 is 3.08 bits per heavy atom. The number of amides is 1. The summed E-state index contributed by atoms with van der Waals surface area (Å²) in [4.78, 5) is 35.7. The fourth-order valence-electron chi connectivity index (χ4n) is 2.37. The van der Waals surface area contributed by atoms with Gasteiger partial charge < -0.3 is 9.72 Å². The number of carbonyl (C=O) groups is 1. The van der Waals surface area contributed by atoms with Crippen molar-refractivity contribution in [2.45, 2.75) is 0 Å². The Morgan fingerprint density at radius 1 is 1.16 bits per heavy atom. The predicted molar refractivity (Wildman–Crippen MR) is 90.5 cm³/mol. The molecule has 25 heavy (non-hydrogen) atoms. The minimum Gasteiger partial charge on any atom is -0.484 e. The van der Waals surface area contributed by atoms with E-state index < -0.39 is 5.91 Å². The zero-order valence-electron chi connectivity index (χ0n) is 13.0. The van der Waals surface area contributed by atoms with Gasteiger partial charge in [-0.2, -0.15) is 0 Å². The van der Waals surface area contributed by atoms with E-state index >= 15 is 0 Å². The average molecular weight is 332 g/mol. The Kier molecular flexibility index (Phi) is 3.83. The summed E-state index contributed by atoms with van der Waals surface area (Å²) in [6, 6.07) is 7.14. The number of benzene rings is 1. The van der Waals surface area contributed by atoms with Crippen LogP contribution in [-0.2, 0) is 4.79 Å². The summed E-state index contributed by atoms with van der Waals surface area (Å²) >= 11 is 0. The van der Waals surface area contributed by atoms with Gasteiger partial charge in [-0.3, -0.25) is 9.79 Å². The van der Waals surface area contributed by atoms with Gasteiger partial charge in [-0.1, -0.05) is 6.07 Å². The number of hydrogen-bond donors (Lipinski definition) is 1. The van der Waals surface area contributed by atoms with Crippen molar-refractivity contribution in [2.75, 3.05) is 6.61 Å². The third-order valence-electron chi connectivity index (χ3n) is 3.47. The van der Waals surface area contributed by atoms with Gasteiger partial charge in [-0.05, 0) is 12.1 Å². The monoisotopic (exact) mass is 332 g/mol. The molecule has 1 aromatic rings. The lowest BCUT2D eigenvalue weighted by atomic mass is 10.3. The number of aliphatic imine (C=N–C) groups is 2. The summed E-state index contributed by atoms with van der Waals surface area (Å²) in [7, 11) is 0. The lowest BCUT2D eigenvalue weighted by molar-refractivity contribution is -0.119. The van der Waals surface area contributed by atoms with Crippen molar-refractivity contribution < 1.29 is 9.53 Å². The smallest absolute Gasteiger partial charge is 0.283 e. The highest BCUT2D eigenvalue weighted by Gasteiger charge is 2.03. The molecule has 4 rings (SSSR count). The molecule has 0 aromatic heterocycles. The molecule has 8 heteroatoms. The van der Waals surface area contributed by atoms with Crippen LogP contribution in [0.4, 0.5) is 5.69 Å². The van der Waals surface area contributed by atoms with Crippen LogP contribution < -0.4 is 15.4 Å². The number of aromatic amines is 1. The Balaban J connectivity index is 2.00. The van der Waals surface area contributed by atoms with Gasteiger partial charge in [0.2, 0.25) is 0 Å². The van der Waals surface area contributed by atoms with Gasteiger partial charge in [-0.25, -0.2) is 20.0 Å². The molecule has 0 spiro atoms. The van der Waals surface area contributed by atoms with Crippen molar-refractivity contribution >= 4 is 30.2 Å². The van der Waals surface area contributed by atoms with Gasteiger partial charge in [-0.15, -0.1) is 0 Å². The quantitative estimate of drug-likeness (QED) is 0.638. The SMILES string of the molecule is O=C1COc2cccc(c2)N=c2[nH]cnc3nc/c(c2=3)=C/N=CC=N1. The van der Waals surface area contributed by atoms with Gasteiger partial charge >= 0.3 is 0 Å². The predicted octanol–water partition coefficient (Wildman–Crippen LogP) is 0.279. The van der Waals surface area contributed by atoms with E-state index in [0.29, 0.717) is 22.4 Å². The molecular weight excluding hydrogens is 320 g/mol. The van der Waals surface area contributed by atoms with Crippen LogP contribution in [0.15, 0.2) is 51.8 Å². The number of rotatable bonds is 0. The first-order valence-corrected chi connectivity index (χ1v) is 7.48. The number of H-pyrrole nitrogens is 1. The molecule has 0 aliphatic carbocycles. The topological polar surface area (TPSA) is 105 Å². The minimum absolute atomic E-state index is 0.154. The minimum atomic E-state index is -0.401. The Morgan fingerprint density at radius 2 is 2.12 bits per heavy atom. The fourth-order valence-corrected chi connectivity index (χ4v) is 2.37. The van der Waals surface area contributed by atoms with Crippen molar-refractivity contribution in [3.8, 4) is 5.75 Å². The van der Waals surface area contributed by atoms with E-state index in [-0.39, 0.29) is 6.61 Å². The fraction of sp³-hybridized carbons (Fsp3) is 0.0588. The van der Waals surface area contributed by atoms with Crippen molar-refractivity contribution in [3.63, 3.8) is 0 Å². The highest BCUT2D eigenvalue weighted by Crippen LogP contribution is 2.19. The van der Waals surface area contributed by atoms with E-state index in [0.717, 1.165) is 10.4 Å². The molecule has 1 N–H and O–H groups in total. The molecule has 0 radical (unpaired) electrons. The first-order valence-electron chi connectivity index (χ1n) is 7.48. The van der Waals surface area contributed by atoms with Crippen molar-refractivity contribution in [3.05, 3.63) is 58.2 Å². The van der Waals surface area contributed by atoms with E-state index in [1.54, 1.807) is 36.9 Å². The lowest BCUT2D eigenvalue weighted by Gasteiger charge is -2.03. The van der Waals surface area contributed by atoms with Crippen LogP contribution >= 0.6 is 0 Å². The molecule has 0 fully saturated rings. The van der Waals surface area contributed by atoms with Crippen molar-refractivity contribution in [2.24, 2.45) is 15.0 Å². The molecule has 122 valence electrons. The molecule has 1 aromatic carbocycles. The molecule has 3 heterocycles. The van der Waals surface area contributed by atoms with E-state index in [1.807, 2.05) is 6.07 Å². The van der Waals surface area contributed by atoms with Crippen LogP contribution in [0.5, 0.6) is 5.75 Å². The van der Waals surface area contributed by atoms with Gasteiger partial charge in [0.1, 0.15) is 11.2 Å². The molecule has 3 aliphatic heterocycles. The van der Waals surface area contributed by atoms with Crippen LogP contribution in [0.3, 0.4) is 0 Å². The Labute approximate surface area is 141 Å². The number of carbonyl (C=O) groups excluding carboxylic acids is 1. The maximum absolute atomic E-state index is 11.7. The maximum Gasteiger partial charge on any atom is 0.283 e. The molecule has 2 bridgehead atoms. The average Bonchev–Trinajstić information content (AvgIpc) is 3.04. The normalized spacial score (nSPS) is 15.5. The highest BCUT2D eigenvalue weighted by atomic mass is 16.5. The third kappa shape index (κ3) is 3.18. The second-order valence-corrected chi connectivity index (χ2v) is 5.16. The zero-order valence-corrected chi connectivity index (χ0v) is 13.0. The van der Waals surface area contributed by atoms with Crippen molar-refractivity contribution in [1.82, 2.24) is 15.0 Å². The molecular formula is C17H12N6O2. The number of nitrogens with one attached hydrogen (secondary N) is 1. The van der Waals surface area contributed by atoms with Gasteiger partial charge in [0, 0.05) is 36.1 Å². The van der Waals surface area contributed by atoms with E-state index in [1.165, 1.54) is 12.4 Å². The standard InChI is InChI=1S/C17H12N6O2/c24-14-9-25-13-3-1-2-12(6-13)23-17-15-11(7-18-4-5-19-14)8-20-16(15)21-10-22-17/h1-8,10H,9H2,(H,21,22,23)/b11-7-,18-4?,19-5?. The van der Waals surface area contributed by atoms with Crippen LogP contribution in [-0.4, -0.2) is 39.9 Å². The number of hydrogen-bond acceptors (Lipinski definition) is 6. The molecule has 8 nitrogen and oxygen atoms in total. The summed E-state index contributed by atoms with van der Waals surface area (Å²) in [5.41, 5.74) is 1.85. The van der Waals surface area contributed by atoms with Crippen molar-refractivity contribution in [1.29, 1.82) is 0 Å². The van der Waals surface area contributed by atoms with Crippen LogP contribution in [0, 0.1) is 10.7 Å². The first kappa shape index (κ1) is 14.9. The second kappa shape index (κ2) is 6.44. The number of nitrogens with zero attached hydrogens (tertiary/aromatic N) is 5. The summed E-state index contributed by atoms with van der Waals surface area (Å²) in [5.74, 6) is 0.132. The molecule has 0 atom stereocenters. The maximum atomic E-state index is 11.7. The molecule has 0 saturated heterocycles. The second-order valence-electron chi connectivity index (χ2n) is 5.16. The van der Waals surface area contributed by atoms with Crippen LogP contribution in [0.1, 0.15) is 0 Å². The zero-order chi connectivity index (χ0) is 17.1.